The molecular formula is C18H24N6S. The number of aromatic nitrogens is 4. The third-order valence-electron chi connectivity index (χ3n) is 5.26. The Morgan fingerprint density at radius 2 is 1.64 bits per heavy atom. The highest BCUT2D eigenvalue weighted by Gasteiger charge is 2.26. The summed E-state index contributed by atoms with van der Waals surface area (Å²) < 4.78 is 0. The van der Waals surface area contributed by atoms with Crippen LogP contribution in [0.2, 0.25) is 0 Å². The van der Waals surface area contributed by atoms with Gasteiger partial charge in [-0.25, -0.2) is 19.9 Å². The van der Waals surface area contributed by atoms with Gasteiger partial charge < -0.3 is 9.80 Å². The summed E-state index contributed by atoms with van der Waals surface area (Å²) in [6.07, 6.45) is 7.14. The summed E-state index contributed by atoms with van der Waals surface area (Å²) in [6, 6.07) is 0. The number of anilines is 2. The Balaban J connectivity index is 1.55. The molecule has 6 nitrogen and oxygen atoms in total. The van der Waals surface area contributed by atoms with Gasteiger partial charge in [0.15, 0.2) is 5.16 Å². The minimum absolute atomic E-state index is 0.903. The molecule has 1 fully saturated rings. The molecule has 0 bridgehead atoms. The first-order chi connectivity index (χ1) is 12.2. The molecule has 0 spiro atoms. The van der Waals surface area contributed by atoms with Crippen LogP contribution in [0, 0.1) is 13.8 Å². The van der Waals surface area contributed by atoms with Crippen molar-refractivity contribution in [1.82, 2.24) is 19.9 Å². The summed E-state index contributed by atoms with van der Waals surface area (Å²) in [5.41, 5.74) is 4.88. The lowest BCUT2D eigenvalue weighted by molar-refractivity contribution is 0.632. The second kappa shape index (κ2) is 6.78. The van der Waals surface area contributed by atoms with Crippen molar-refractivity contribution >= 4 is 23.4 Å². The molecule has 2 aliphatic rings. The zero-order valence-electron chi connectivity index (χ0n) is 15.1. The van der Waals surface area contributed by atoms with Crippen LogP contribution in [-0.4, -0.2) is 52.4 Å². The number of aryl methyl sites for hydroxylation is 2. The molecule has 7 heteroatoms. The topological polar surface area (TPSA) is 58.0 Å². The molecule has 1 aliphatic carbocycles. The largest absolute Gasteiger partial charge is 0.353 e. The van der Waals surface area contributed by atoms with Gasteiger partial charge in [0.25, 0.3) is 0 Å². The van der Waals surface area contributed by atoms with Gasteiger partial charge in [0.1, 0.15) is 18.0 Å². The Morgan fingerprint density at radius 3 is 2.36 bits per heavy atom. The average molecular weight is 356 g/mol. The van der Waals surface area contributed by atoms with E-state index in [-0.39, 0.29) is 0 Å². The molecule has 0 saturated carbocycles. The van der Waals surface area contributed by atoms with E-state index < -0.39 is 0 Å². The van der Waals surface area contributed by atoms with Crippen LogP contribution in [0.15, 0.2) is 11.5 Å². The number of piperazine rings is 1. The Kier molecular flexibility index (Phi) is 4.50. The maximum atomic E-state index is 4.85. The summed E-state index contributed by atoms with van der Waals surface area (Å²) in [4.78, 5) is 23.2. The van der Waals surface area contributed by atoms with Crippen molar-refractivity contribution in [3.8, 4) is 0 Å². The van der Waals surface area contributed by atoms with E-state index in [1.54, 1.807) is 18.1 Å². The molecule has 0 amide bonds. The van der Waals surface area contributed by atoms with Crippen molar-refractivity contribution in [2.75, 3.05) is 42.2 Å². The normalized spacial score (nSPS) is 17.1. The first kappa shape index (κ1) is 16.6. The van der Waals surface area contributed by atoms with Crippen molar-refractivity contribution in [3.05, 3.63) is 28.8 Å². The third-order valence-corrected chi connectivity index (χ3v) is 5.81. The van der Waals surface area contributed by atoms with Crippen LogP contribution < -0.4 is 9.80 Å². The maximum Gasteiger partial charge on any atom is 0.189 e. The summed E-state index contributed by atoms with van der Waals surface area (Å²) in [5, 5.41) is 0.903. The van der Waals surface area contributed by atoms with Gasteiger partial charge in [-0.1, -0.05) is 11.8 Å². The molecule has 2 aromatic rings. The quantitative estimate of drug-likeness (QED) is 0.618. The van der Waals surface area contributed by atoms with Crippen molar-refractivity contribution in [1.29, 1.82) is 0 Å². The minimum atomic E-state index is 0.903. The van der Waals surface area contributed by atoms with Crippen molar-refractivity contribution in [3.63, 3.8) is 0 Å². The average Bonchev–Trinajstić information content (AvgIpc) is 3.12. The van der Waals surface area contributed by atoms with Crippen molar-refractivity contribution in [2.45, 2.75) is 38.3 Å². The molecule has 1 aliphatic heterocycles. The van der Waals surface area contributed by atoms with Gasteiger partial charge in [-0.3, -0.25) is 0 Å². The Bertz CT molecular complexity index is 785. The number of rotatable bonds is 3. The maximum absolute atomic E-state index is 4.85. The molecule has 132 valence electrons. The first-order valence-corrected chi connectivity index (χ1v) is 10.1. The van der Waals surface area contributed by atoms with E-state index in [9.17, 15) is 0 Å². The second-order valence-electron chi connectivity index (χ2n) is 6.69. The van der Waals surface area contributed by atoms with Gasteiger partial charge >= 0.3 is 0 Å². The lowest BCUT2D eigenvalue weighted by atomic mass is 10.2. The fraction of sp³-hybridized carbons (Fsp3) is 0.556. The lowest BCUT2D eigenvalue weighted by Crippen LogP contribution is -2.47. The molecule has 0 N–H and O–H groups in total. The van der Waals surface area contributed by atoms with Crippen molar-refractivity contribution < 1.29 is 0 Å². The number of fused-ring (bicyclic) bond motifs is 1. The summed E-state index contributed by atoms with van der Waals surface area (Å²) >= 11 is 1.64. The van der Waals surface area contributed by atoms with E-state index in [2.05, 4.69) is 32.9 Å². The van der Waals surface area contributed by atoms with Crippen LogP contribution in [0.3, 0.4) is 0 Å². The van der Waals surface area contributed by atoms with Gasteiger partial charge in [0.05, 0.1) is 5.69 Å². The highest BCUT2D eigenvalue weighted by Crippen LogP contribution is 2.31. The van der Waals surface area contributed by atoms with Gasteiger partial charge in [-0.05, 0) is 39.4 Å². The summed E-state index contributed by atoms with van der Waals surface area (Å²) in [5.74, 6) is 2.24. The third kappa shape index (κ3) is 3.05. The number of hydrogen-bond acceptors (Lipinski definition) is 7. The molecule has 3 heterocycles. The van der Waals surface area contributed by atoms with Crippen LogP contribution in [0.5, 0.6) is 0 Å². The Morgan fingerprint density at radius 1 is 0.920 bits per heavy atom. The van der Waals surface area contributed by atoms with E-state index in [0.29, 0.717) is 0 Å². The fourth-order valence-electron chi connectivity index (χ4n) is 3.72. The molecule has 1 saturated heterocycles. The van der Waals surface area contributed by atoms with Gasteiger partial charge in [0, 0.05) is 43.0 Å². The van der Waals surface area contributed by atoms with Crippen LogP contribution in [0.25, 0.3) is 0 Å². The molecule has 25 heavy (non-hydrogen) atoms. The molecular weight excluding hydrogens is 332 g/mol. The van der Waals surface area contributed by atoms with E-state index >= 15 is 0 Å². The monoisotopic (exact) mass is 356 g/mol. The highest BCUT2D eigenvalue weighted by atomic mass is 32.2. The van der Waals surface area contributed by atoms with Crippen molar-refractivity contribution in [2.24, 2.45) is 0 Å². The molecule has 0 atom stereocenters. The molecule has 0 unspecified atom stereocenters. The molecule has 4 rings (SSSR count). The predicted molar refractivity (Wildman–Crippen MR) is 102 cm³/mol. The zero-order chi connectivity index (χ0) is 17.4. The summed E-state index contributed by atoms with van der Waals surface area (Å²) in [7, 11) is 0. The zero-order valence-corrected chi connectivity index (χ0v) is 15.9. The van der Waals surface area contributed by atoms with Crippen LogP contribution >= 0.6 is 11.8 Å². The Labute approximate surface area is 153 Å². The van der Waals surface area contributed by atoms with Gasteiger partial charge in [-0.15, -0.1) is 0 Å². The standard InChI is InChI=1S/C18H24N6S/c1-12-13(2)19-11-20-16(12)23-7-9-24(10-8-23)17-14-5-4-6-15(14)21-18(22-17)25-3/h11H,4-10H2,1-3H3. The van der Waals surface area contributed by atoms with Crippen LogP contribution in [0.4, 0.5) is 11.6 Å². The van der Waals surface area contributed by atoms with E-state index in [0.717, 1.165) is 55.7 Å². The predicted octanol–water partition coefficient (Wildman–Crippen LogP) is 2.42. The SMILES string of the molecule is CSc1nc2c(c(N3CCN(c4ncnc(C)c4C)CC3)n1)CCC2. The molecule has 0 aromatic carbocycles. The van der Waals surface area contributed by atoms with E-state index in [4.69, 9.17) is 9.97 Å². The number of nitrogens with zero attached hydrogens (tertiary/aromatic N) is 6. The first-order valence-electron chi connectivity index (χ1n) is 8.89. The highest BCUT2D eigenvalue weighted by molar-refractivity contribution is 7.98. The molecule has 0 radical (unpaired) electrons. The van der Waals surface area contributed by atoms with Gasteiger partial charge in [-0.2, -0.15) is 0 Å². The molecule has 2 aromatic heterocycles. The van der Waals surface area contributed by atoms with Crippen LogP contribution in [0.1, 0.15) is 28.9 Å². The minimum Gasteiger partial charge on any atom is -0.353 e. The number of thioether (sulfide) groups is 1. The van der Waals surface area contributed by atoms with Gasteiger partial charge in [0.2, 0.25) is 0 Å². The Hall–Kier alpha value is -1.89. The van der Waals surface area contributed by atoms with E-state index in [1.165, 1.54) is 29.1 Å². The fourth-order valence-corrected chi connectivity index (χ4v) is 4.10. The lowest BCUT2D eigenvalue weighted by Gasteiger charge is -2.37. The second-order valence-corrected chi connectivity index (χ2v) is 7.47. The number of hydrogen-bond donors (Lipinski definition) is 0. The van der Waals surface area contributed by atoms with E-state index in [1.807, 2.05) is 6.92 Å². The summed E-state index contributed by atoms with van der Waals surface area (Å²) in [6.45, 7) is 8.03. The smallest absolute Gasteiger partial charge is 0.189 e. The van der Waals surface area contributed by atoms with Crippen LogP contribution in [-0.2, 0) is 12.8 Å².